The highest BCUT2D eigenvalue weighted by Crippen LogP contribution is 2.21. The van der Waals surface area contributed by atoms with E-state index in [1.54, 1.807) is 11.6 Å². The van der Waals surface area contributed by atoms with Crippen molar-refractivity contribution in [2.24, 2.45) is 0 Å². The van der Waals surface area contributed by atoms with Gasteiger partial charge in [0.2, 0.25) is 0 Å². The monoisotopic (exact) mass is 523 g/mol. The maximum absolute atomic E-state index is 12.8. The van der Waals surface area contributed by atoms with E-state index in [0.29, 0.717) is 13.1 Å². The minimum atomic E-state index is -0.561. The Kier molecular flexibility index (Phi) is 11.5. The highest BCUT2D eigenvalue weighted by atomic mass is 16.6. The van der Waals surface area contributed by atoms with E-state index < -0.39 is 11.9 Å². The Balaban J connectivity index is 1.45. The maximum Gasteiger partial charge on any atom is 0.325 e. The molecule has 1 fully saturated rings. The van der Waals surface area contributed by atoms with E-state index in [4.69, 9.17) is 14.7 Å². The van der Waals surface area contributed by atoms with Gasteiger partial charge in [-0.1, -0.05) is 48.5 Å². The molecule has 1 aliphatic rings. The van der Waals surface area contributed by atoms with E-state index in [2.05, 4.69) is 34.9 Å². The molecule has 8 heteroatoms. The number of esters is 1. The summed E-state index contributed by atoms with van der Waals surface area (Å²) in [5.74, 6) is -0.796. The largest absolute Gasteiger partial charge is 0.461 e. The number of nitrogens with one attached hydrogen (secondary N) is 3. The first-order chi connectivity index (χ1) is 18.2. The van der Waals surface area contributed by atoms with E-state index in [0.717, 1.165) is 54.5 Å². The molecule has 2 aromatic carbocycles. The third kappa shape index (κ3) is 10.8. The van der Waals surface area contributed by atoms with Crippen molar-refractivity contribution < 1.29 is 24.3 Å². The van der Waals surface area contributed by atoms with Crippen LogP contribution in [-0.2, 0) is 38.7 Å². The lowest BCUT2D eigenvalue weighted by Gasteiger charge is -2.25. The zero-order valence-electron chi connectivity index (χ0n) is 22.7. The van der Waals surface area contributed by atoms with Gasteiger partial charge in [-0.3, -0.25) is 20.1 Å². The van der Waals surface area contributed by atoms with Crippen LogP contribution in [0.3, 0.4) is 0 Å². The van der Waals surface area contributed by atoms with Gasteiger partial charge in [-0.25, -0.2) is 5.48 Å². The molecule has 1 amide bonds. The van der Waals surface area contributed by atoms with E-state index in [1.807, 2.05) is 45.0 Å². The van der Waals surface area contributed by atoms with Crippen molar-refractivity contribution in [2.45, 2.75) is 83.8 Å². The molecule has 0 aromatic heterocycles. The molecule has 1 atom stereocenters. The van der Waals surface area contributed by atoms with Gasteiger partial charge in [0, 0.05) is 25.7 Å². The minimum absolute atomic E-state index is 0.0306. The summed E-state index contributed by atoms with van der Waals surface area (Å²) in [6, 6.07) is 15.6. The van der Waals surface area contributed by atoms with Crippen molar-refractivity contribution in [1.29, 1.82) is 0 Å². The molecule has 4 N–H and O–H groups in total. The van der Waals surface area contributed by atoms with Crippen LogP contribution < -0.4 is 16.1 Å². The van der Waals surface area contributed by atoms with Crippen LogP contribution in [0.5, 0.6) is 0 Å². The number of benzene rings is 2. The van der Waals surface area contributed by atoms with E-state index in [-0.39, 0.29) is 24.3 Å². The van der Waals surface area contributed by atoms with Gasteiger partial charge >= 0.3 is 5.97 Å². The van der Waals surface area contributed by atoms with Gasteiger partial charge in [-0.05, 0) is 74.8 Å². The lowest BCUT2D eigenvalue weighted by molar-refractivity contribution is -0.154. The molecule has 1 saturated carbocycles. The fourth-order valence-corrected chi connectivity index (χ4v) is 4.12. The SMILES string of the molecule is CC(C)(C)OC[C@H](NCc1ccc(CNCc2ccc(/C=C/C(=O)NO)cc2)cc1)C(=O)OC1CCCC1. The Labute approximate surface area is 225 Å². The van der Waals surface area contributed by atoms with Crippen LogP contribution in [0.2, 0.25) is 0 Å². The van der Waals surface area contributed by atoms with Crippen LogP contribution in [0, 0.1) is 0 Å². The Morgan fingerprint density at radius 3 is 2.05 bits per heavy atom. The average Bonchev–Trinajstić information content (AvgIpc) is 3.41. The van der Waals surface area contributed by atoms with Gasteiger partial charge in [-0.15, -0.1) is 0 Å². The second-order valence-electron chi connectivity index (χ2n) is 10.7. The molecule has 0 saturated heterocycles. The lowest BCUT2D eigenvalue weighted by atomic mass is 10.1. The zero-order chi connectivity index (χ0) is 27.4. The summed E-state index contributed by atoms with van der Waals surface area (Å²) in [5.41, 5.74) is 5.49. The Bertz CT molecular complexity index is 1040. The maximum atomic E-state index is 12.8. The van der Waals surface area contributed by atoms with Gasteiger partial charge in [0.15, 0.2) is 0 Å². The number of carbonyl (C=O) groups excluding carboxylic acids is 2. The molecule has 0 unspecified atom stereocenters. The summed E-state index contributed by atoms with van der Waals surface area (Å²) in [7, 11) is 0. The first-order valence-corrected chi connectivity index (χ1v) is 13.3. The first-order valence-electron chi connectivity index (χ1n) is 13.3. The number of hydroxylamine groups is 1. The fraction of sp³-hybridized carbons (Fsp3) is 0.467. The molecule has 0 spiro atoms. The smallest absolute Gasteiger partial charge is 0.325 e. The van der Waals surface area contributed by atoms with Crippen molar-refractivity contribution in [3.8, 4) is 0 Å². The molecule has 0 radical (unpaired) electrons. The van der Waals surface area contributed by atoms with Crippen molar-refractivity contribution in [2.75, 3.05) is 6.61 Å². The van der Waals surface area contributed by atoms with Crippen molar-refractivity contribution in [1.82, 2.24) is 16.1 Å². The lowest BCUT2D eigenvalue weighted by Crippen LogP contribution is -2.44. The van der Waals surface area contributed by atoms with Crippen LogP contribution in [0.15, 0.2) is 54.6 Å². The molecule has 8 nitrogen and oxygen atoms in total. The normalized spacial score (nSPS) is 15.1. The van der Waals surface area contributed by atoms with Crippen LogP contribution in [-0.4, -0.2) is 41.4 Å². The summed E-state index contributed by atoms with van der Waals surface area (Å²) in [6.45, 7) is 8.19. The highest BCUT2D eigenvalue weighted by molar-refractivity contribution is 5.90. The number of carbonyl (C=O) groups is 2. The molecular formula is C30H41N3O5. The van der Waals surface area contributed by atoms with Gasteiger partial charge in [0.1, 0.15) is 12.1 Å². The van der Waals surface area contributed by atoms with Gasteiger partial charge in [0.05, 0.1) is 12.2 Å². The number of hydrogen-bond acceptors (Lipinski definition) is 7. The Morgan fingerprint density at radius 2 is 1.50 bits per heavy atom. The number of rotatable bonds is 13. The highest BCUT2D eigenvalue weighted by Gasteiger charge is 2.27. The summed E-state index contributed by atoms with van der Waals surface area (Å²) >= 11 is 0. The van der Waals surface area contributed by atoms with E-state index in [1.165, 1.54) is 6.08 Å². The number of amides is 1. The summed E-state index contributed by atoms with van der Waals surface area (Å²) in [4.78, 5) is 23.9. The second-order valence-corrected chi connectivity index (χ2v) is 10.7. The molecule has 3 rings (SSSR count). The molecular weight excluding hydrogens is 482 g/mol. The zero-order valence-corrected chi connectivity index (χ0v) is 22.7. The summed E-state index contributed by atoms with van der Waals surface area (Å²) in [5, 5.41) is 15.3. The van der Waals surface area contributed by atoms with Crippen LogP contribution in [0.25, 0.3) is 6.08 Å². The van der Waals surface area contributed by atoms with Crippen LogP contribution in [0.4, 0.5) is 0 Å². The quantitative estimate of drug-likeness (QED) is 0.134. The standard InChI is InChI=1S/C30H41N3O5/c1-30(2,3)37-21-27(29(35)38-26-6-4-5-7-26)32-20-25-14-12-24(13-15-25)19-31-18-23-10-8-22(9-11-23)16-17-28(34)33-36/h8-17,26-27,31-32,36H,4-7,18-21H2,1-3H3,(H,33,34)/b17-16+/t27-/m0/s1. The van der Waals surface area contributed by atoms with Crippen molar-refractivity contribution in [3.05, 3.63) is 76.9 Å². The topological polar surface area (TPSA) is 109 Å². The fourth-order valence-electron chi connectivity index (χ4n) is 4.12. The van der Waals surface area contributed by atoms with E-state index in [9.17, 15) is 9.59 Å². The average molecular weight is 524 g/mol. The molecule has 38 heavy (non-hydrogen) atoms. The van der Waals surface area contributed by atoms with Crippen molar-refractivity contribution >= 4 is 18.0 Å². The van der Waals surface area contributed by atoms with Crippen LogP contribution >= 0.6 is 0 Å². The Hall–Kier alpha value is -3.04. The predicted octanol–water partition coefficient (Wildman–Crippen LogP) is 4.25. The minimum Gasteiger partial charge on any atom is -0.461 e. The summed E-state index contributed by atoms with van der Waals surface area (Å²) < 4.78 is 11.6. The number of hydrogen-bond donors (Lipinski definition) is 4. The second kappa shape index (κ2) is 14.8. The molecule has 0 aliphatic heterocycles. The summed E-state index contributed by atoms with van der Waals surface area (Å²) in [6.07, 6.45) is 7.07. The Morgan fingerprint density at radius 1 is 0.947 bits per heavy atom. The van der Waals surface area contributed by atoms with Crippen molar-refractivity contribution in [3.63, 3.8) is 0 Å². The van der Waals surface area contributed by atoms with Crippen LogP contribution in [0.1, 0.15) is 68.7 Å². The third-order valence-electron chi connectivity index (χ3n) is 6.30. The van der Waals surface area contributed by atoms with Gasteiger partial charge in [-0.2, -0.15) is 0 Å². The molecule has 0 bridgehead atoms. The van der Waals surface area contributed by atoms with Gasteiger partial charge < -0.3 is 14.8 Å². The van der Waals surface area contributed by atoms with Gasteiger partial charge in [0.25, 0.3) is 5.91 Å². The first kappa shape index (κ1) is 29.5. The molecule has 206 valence electrons. The predicted molar refractivity (Wildman–Crippen MR) is 147 cm³/mol. The number of ether oxygens (including phenoxy) is 2. The molecule has 0 heterocycles. The van der Waals surface area contributed by atoms with E-state index >= 15 is 0 Å². The molecule has 1 aliphatic carbocycles. The third-order valence-corrected chi connectivity index (χ3v) is 6.30. The molecule has 2 aromatic rings.